The lowest BCUT2D eigenvalue weighted by Gasteiger charge is -2.08. The molecule has 0 radical (unpaired) electrons. The molecule has 31 heavy (non-hydrogen) atoms. The maximum atomic E-state index is 12.6. The molecule has 0 spiro atoms. The van der Waals surface area contributed by atoms with Gasteiger partial charge >= 0.3 is 0 Å². The molecule has 0 aliphatic heterocycles. The molecule has 0 bridgehead atoms. The van der Waals surface area contributed by atoms with Crippen LogP contribution in [0, 0.1) is 0 Å². The lowest BCUT2D eigenvalue weighted by atomic mass is 10.2. The van der Waals surface area contributed by atoms with E-state index in [1.165, 1.54) is 23.5 Å². The molecule has 1 amide bonds. The van der Waals surface area contributed by atoms with Gasteiger partial charge in [-0.15, -0.1) is 11.3 Å². The fourth-order valence-corrected chi connectivity index (χ4v) is 4.74. The first kappa shape index (κ1) is 21.0. The molecule has 0 fully saturated rings. The first-order valence-corrected chi connectivity index (χ1v) is 11.9. The van der Waals surface area contributed by atoms with Crippen LogP contribution in [-0.4, -0.2) is 24.1 Å². The van der Waals surface area contributed by atoms with Crippen LogP contribution in [0.1, 0.15) is 20.8 Å². The fraction of sp³-hybridized carbons (Fsp3) is 0.0909. The minimum atomic E-state index is -3.74. The lowest BCUT2D eigenvalue weighted by Crippen LogP contribution is -2.23. The monoisotopic (exact) mass is 452 g/mol. The smallest absolute Gasteiger partial charge is 0.255 e. The molecule has 2 N–H and O–H groups in total. The van der Waals surface area contributed by atoms with Gasteiger partial charge < -0.3 is 5.32 Å². The van der Waals surface area contributed by atoms with Gasteiger partial charge in [-0.25, -0.2) is 13.1 Å². The number of amides is 1. The number of thiophene rings is 1. The third-order valence-corrected chi connectivity index (χ3v) is 6.78. The van der Waals surface area contributed by atoms with Crippen molar-refractivity contribution in [3.05, 3.63) is 101 Å². The molecule has 4 rings (SSSR count). The van der Waals surface area contributed by atoms with E-state index in [0.717, 1.165) is 10.4 Å². The highest BCUT2D eigenvalue weighted by Gasteiger charge is 2.17. The topological polar surface area (TPSA) is 93.1 Å². The summed E-state index contributed by atoms with van der Waals surface area (Å²) in [6, 6.07) is 19.5. The van der Waals surface area contributed by atoms with Crippen molar-refractivity contribution < 1.29 is 13.2 Å². The number of nitrogens with zero attached hydrogens (tertiary/aromatic N) is 2. The van der Waals surface area contributed by atoms with Crippen molar-refractivity contribution in [3.8, 4) is 0 Å². The second-order valence-corrected chi connectivity index (χ2v) is 9.60. The van der Waals surface area contributed by atoms with Gasteiger partial charge in [0, 0.05) is 23.2 Å². The third-order valence-electron chi connectivity index (χ3n) is 4.50. The highest BCUT2D eigenvalue weighted by molar-refractivity contribution is 7.89. The summed E-state index contributed by atoms with van der Waals surface area (Å²) < 4.78 is 29.5. The zero-order valence-electron chi connectivity index (χ0n) is 16.4. The minimum absolute atomic E-state index is 0.0384. The van der Waals surface area contributed by atoms with Gasteiger partial charge in [-0.05, 0) is 35.2 Å². The number of sulfonamides is 1. The largest absolute Gasteiger partial charge is 0.319 e. The summed E-state index contributed by atoms with van der Waals surface area (Å²) in [6.45, 7) is 0.789. The lowest BCUT2D eigenvalue weighted by molar-refractivity contribution is 0.102. The maximum Gasteiger partial charge on any atom is 0.255 e. The molecule has 2 heterocycles. The van der Waals surface area contributed by atoms with Crippen LogP contribution in [0.4, 0.5) is 5.69 Å². The van der Waals surface area contributed by atoms with Crippen LogP contribution in [0.25, 0.3) is 0 Å². The Kier molecular flexibility index (Phi) is 6.26. The first-order chi connectivity index (χ1) is 15.0. The normalized spacial score (nSPS) is 11.4. The Morgan fingerprint density at radius 2 is 1.87 bits per heavy atom. The Hall–Kier alpha value is -3.27. The summed E-state index contributed by atoms with van der Waals surface area (Å²) >= 11 is 1.47. The molecule has 7 nitrogen and oxygen atoms in total. The molecule has 0 saturated carbocycles. The number of nitrogens with one attached hydrogen (secondary N) is 2. The fourth-order valence-electron chi connectivity index (χ4n) is 2.96. The zero-order chi connectivity index (χ0) is 21.7. The van der Waals surface area contributed by atoms with Crippen LogP contribution >= 0.6 is 11.3 Å². The van der Waals surface area contributed by atoms with Crippen LogP contribution in [0.5, 0.6) is 0 Å². The second kappa shape index (κ2) is 9.25. The molecule has 0 saturated heterocycles. The van der Waals surface area contributed by atoms with Crippen LogP contribution in [0.3, 0.4) is 0 Å². The summed E-state index contributed by atoms with van der Waals surface area (Å²) in [6.07, 6.45) is 3.29. The Morgan fingerprint density at radius 3 is 2.65 bits per heavy atom. The van der Waals surface area contributed by atoms with Crippen molar-refractivity contribution in [1.82, 2.24) is 14.5 Å². The molecule has 2 aromatic carbocycles. The highest BCUT2D eigenvalue weighted by Crippen LogP contribution is 2.16. The Labute approximate surface area is 184 Å². The SMILES string of the molecule is O=C(Nc1cnn(Cc2ccccc2)c1)c1cccc(S(=O)(=O)NCc2cccs2)c1. The van der Waals surface area contributed by atoms with E-state index < -0.39 is 15.9 Å². The van der Waals surface area contributed by atoms with Crippen LogP contribution < -0.4 is 10.0 Å². The number of carbonyl (C=O) groups excluding carboxylic acids is 1. The first-order valence-electron chi connectivity index (χ1n) is 9.49. The average Bonchev–Trinajstić information content (AvgIpc) is 3.45. The highest BCUT2D eigenvalue weighted by atomic mass is 32.2. The van der Waals surface area contributed by atoms with Crippen LogP contribution in [0.2, 0.25) is 0 Å². The summed E-state index contributed by atoms with van der Waals surface area (Å²) in [7, 11) is -3.74. The zero-order valence-corrected chi connectivity index (χ0v) is 18.1. The van der Waals surface area contributed by atoms with Gasteiger partial charge in [-0.3, -0.25) is 9.48 Å². The Morgan fingerprint density at radius 1 is 1.03 bits per heavy atom. The van der Waals surface area contributed by atoms with Crippen molar-refractivity contribution >= 4 is 33.0 Å². The van der Waals surface area contributed by atoms with Crippen LogP contribution in [0.15, 0.2) is 89.4 Å². The van der Waals surface area contributed by atoms with Gasteiger partial charge in [0.1, 0.15) is 0 Å². The second-order valence-electron chi connectivity index (χ2n) is 6.80. The van der Waals surface area contributed by atoms with Crippen molar-refractivity contribution in [2.45, 2.75) is 18.0 Å². The minimum Gasteiger partial charge on any atom is -0.319 e. The van der Waals surface area contributed by atoms with E-state index in [4.69, 9.17) is 0 Å². The Bertz CT molecular complexity index is 1270. The molecule has 0 aliphatic rings. The van der Waals surface area contributed by atoms with E-state index in [1.54, 1.807) is 29.2 Å². The number of benzene rings is 2. The van der Waals surface area contributed by atoms with Crippen molar-refractivity contribution in [3.63, 3.8) is 0 Å². The molecule has 158 valence electrons. The average molecular weight is 453 g/mol. The standard InChI is InChI=1S/C22H20N4O3S2/c27-22(25-19-13-23-26(16-19)15-17-6-2-1-3-7-17)18-8-4-10-21(12-18)31(28,29)24-14-20-9-5-11-30-20/h1-13,16,24H,14-15H2,(H,25,27). The van der Waals surface area contributed by atoms with Crippen molar-refractivity contribution in [1.29, 1.82) is 0 Å². The van der Waals surface area contributed by atoms with Crippen molar-refractivity contribution in [2.24, 2.45) is 0 Å². The summed E-state index contributed by atoms with van der Waals surface area (Å²) in [4.78, 5) is 13.6. The van der Waals surface area contributed by atoms with E-state index in [-0.39, 0.29) is 17.0 Å². The van der Waals surface area contributed by atoms with E-state index in [1.807, 2.05) is 47.8 Å². The van der Waals surface area contributed by atoms with Gasteiger partial charge in [-0.1, -0.05) is 42.5 Å². The van der Waals surface area contributed by atoms with Crippen LogP contribution in [-0.2, 0) is 23.1 Å². The van der Waals surface area contributed by atoms with E-state index in [2.05, 4.69) is 15.1 Å². The molecular weight excluding hydrogens is 432 g/mol. The van der Waals surface area contributed by atoms with E-state index in [0.29, 0.717) is 12.2 Å². The van der Waals surface area contributed by atoms with E-state index >= 15 is 0 Å². The number of rotatable bonds is 8. The van der Waals surface area contributed by atoms with E-state index in [9.17, 15) is 13.2 Å². The van der Waals surface area contributed by atoms with Gasteiger partial charge in [0.2, 0.25) is 10.0 Å². The number of hydrogen-bond acceptors (Lipinski definition) is 5. The van der Waals surface area contributed by atoms with Gasteiger partial charge in [0.05, 0.1) is 23.3 Å². The molecule has 0 aliphatic carbocycles. The summed E-state index contributed by atoms with van der Waals surface area (Å²) in [5.41, 5.74) is 1.87. The molecule has 4 aromatic rings. The molecule has 2 aromatic heterocycles. The predicted octanol–water partition coefficient (Wildman–Crippen LogP) is 3.72. The van der Waals surface area contributed by atoms with Crippen molar-refractivity contribution in [2.75, 3.05) is 5.32 Å². The molecule has 0 unspecified atom stereocenters. The van der Waals surface area contributed by atoms with Gasteiger partial charge in [-0.2, -0.15) is 5.10 Å². The summed E-state index contributed by atoms with van der Waals surface area (Å²) in [5, 5.41) is 8.91. The Balaban J connectivity index is 1.42. The third kappa shape index (κ3) is 5.46. The number of hydrogen-bond donors (Lipinski definition) is 2. The van der Waals surface area contributed by atoms with Gasteiger partial charge in [0.25, 0.3) is 5.91 Å². The molecule has 9 heteroatoms. The number of carbonyl (C=O) groups is 1. The maximum absolute atomic E-state index is 12.6. The quantitative estimate of drug-likeness (QED) is 0.426. The number of anilines is 1. The van der Waals surface area contributed by atoms with Gasteiger partial charge in [0.15, 0.2) is 0 Å². The molecular formula is C22H20N4O3S2. The predicted molar refractivity (Wildman–Crippen MR) is 121 cm³/mol. The summed E-state index contributed by atoms with van der Waals surface area (Å²) in [5.74, 6) is -0.408. The number of aromatic nitrogens is 2. The molecule has 0 atom stereocenters.